The van der Waals surface area contributed by atoms with Crippen LogP contribution in [0.5, 0.6) is 5.75 Å². The molecule has 130 valence electrons. The first-order chi connectivity index (χ1) is 12.1. The van der Waals surface area contributed by atoms with Gasteiger partial charge in [0.1, 0.15) is 24.0 Å². The Morgan fingerprint density at radius 3 is 2.64 bits per heavy atom. The summed E-state index contributed by atoms with van der Waals surface area (Å²) in [6.07, 6.45) is 4.42. The zero-order valence-electron chi connectivity index (χ0n) is 13.6. The second kappa shape index (κ2) is 6.29. The number of ether oxygens (including phenoxy) is 1. The van der Waals surface area contributed by atoms with Crippen LogP contribution in [0, 0.1) is 11.6 Å². The molecule has 1 aliphatic rings. The van der Waals surface area contributed by atoms with Crippen LogP contribution in [0.3, 0.4) is 0 Å². The van der Waals surface area contributed by atoms with Crippen LogP contribution in [-0.4, -0.2) is 39.2 Å². The number of aromatic nitrogens is 4. The summed E-state index contributed by atoms with van der Waals surface area (Å²) in [5.41, 5.74) is 1.44. The fourth-order valence-electron chi connectivity index (χ4n) is 2.73. The fraction of sp³-hybridized carbons (Fsp3) is 0.294. The van der Waals surface area contributed by atoms with Gasteiger partial charge in [0.15, 0.2) is 0 Å². The van der Waals surface area contributed by atoms with Gasteiger partial charge in [-0.2, -0.15) is 10.2 Å². The van der Waals surface area contributed by atoms with Gasteiger partial charge in [0.25, 0.3) is 0 Å². The van der Waals surface area contributed by atoms with Crippen molar-refractivity contribution in [3.05, 3.63) is 42.2 Å². The Labute approximate surface area is 142 Å². The van der Waals surface area contributed by atoms with Crippen molar-refractivity contribution >= 4 is 0 Å². The number of halogens is 2. The Morgan fingerprint density at radius 1 is 1.28 bits per heavy atom. The van der Waals surface area contributed by atoms with Crippen LogP contribution < -0.4 is 10.1 Å². The summed E-state index contributed by atoms with van der Waals surface area (Å²) in [4.78, 5) is 0. The molecule has 0 amide bonds. The first-order valence-corrected chi connectivity index (χ1v) is 8.00. The number of nitrogens with zero attached hydrogens (tertiary/aromatic N) is 3. The van der Waals surface area contributed by atoms with Crippen LogP contribution in [0.1, 0.15) is 6.42 Å². The van der Waals surface area contributed by atoms with Gasteiger partial charge in [0, 0.05) is 37.0 Å². The van der Waals surface area contributed by atoms with Crippen molar-refractivity contribution in [2.24, 2.45) is 7.05 Å². The second-order valence-corrected chi connectivity index (χ2v) is 6.08. The Balaban J connectivity index is 1.58. The maximum Gasteiger partial charge on any atom is 0.139 e. The summed E-state index contributed by atoms with van der Waals surface area (Å²) in [6, 6.07) is 4.24. The topological polar surface area (TPSA) is 67.8 Å². The number of hydrogen-bond donors (Lipinski definition) is 2. The SMILES string of the molecule is Cn1cc(-c2cc(-c3c(F)cc(OCC4CCN4)cc3F)[nH]n2)cn1. The van der Waals surface area contributed by atoms with E-state index >= 15 is 0 Å². The molecule has 0 spiro atoms. The number of nitrogens with one attached hydrogen (secondary N) is 2. The summed E-state index contributed by atoms with van der Waals surface area (Å²) in [6.45, 7) is 1.35. The molecule has 1 unspecified atom stereocenters. The fourth-order valence-corrected chi connectivity index (χ4v) is 2.73. The molecule has 25 heavy (non-hydrogen) atoms. The van der Waals surface area contributed by atoms with Gasteiger partial charge in [-0.3, -0.25) is 9.78 Å². The molecule has 3 aromatic rings. The van der Waals surface area contributed by atoms with E-state index in [0.29, 0.717) is 12.3 Å². The summed E-state index contributed by atoms with van der Waals surface area (Å²) in [7, 11) is 1.79. The Bertz CT molecular complexity index is 877. The molecule has 6 nitrogen and oxygen atoms in total. The van der Waals surface area contributed by atoms with Gasteiger partial charge in [0.05, 0.1) is 23.1 Å². The van der Waals surface area contributed by atoms with Crippen LogP contribution in [0.15, 0.2) is 30.6 Å². The highest BCUT2D eigenvalue weighted by molar-refractivity contribution is 5.68. The van der Waals surface area contributed by atoms with Crippen LogP contribution in [0.4, 0.5) is 8.78 Å². The number of aromatic amines is 1. The molecule has 1 saturated heterocycles. The zero-order chi connectivity index (χ0) is 17.4. The van der Waals surface area contributed by atoms with Gasteiger partial charge in [-0.25, -0.2) is 8.78 Å². The van der Waals surface area contributed by atoms with E-state index in [1.54, 1.807) is 30.2 Å². The average Bonchev–Trinajstić information content (AvgIpc) is 3.14. The summed E-state index contributed by atoms with van der Waals surface area (Å²) in [5, 5.41) is 14.0. The Morgan fingerprint density at radius 2 is 2.04 bits per heavy atom. The van der Waals surface area contributed by atoms with E-state index in [4.69, 9.17) is 4.74 Å². The van der Waals surface area contributed by atoms with Gasteiger partial charge < -0.3 is 10.1 Å². The highest BCUT2D eigenvalue weighted by Gasteiger charge is 2.20. The summed E-state index contributed by atoms with van der Waals surface area (Å²) < 4.78 is 36.0. The Hall–Kier alpha value is -2.74. The van der Waals surface area contributed by atoms with Crippen molar-refractivity contribution in [3.8, 4) is 28.3 Å². The highest BCUT2D eigenvalue weighted by atomic mass is 19.1. The molecule has 1 aliphatic heterocycles. The van der Waals surface area contributed by atoms with Gasteiger partial charge in [-0.05, 0) is 19.0 Å². The van der Waals surface area contributed by atoms with Crippen molar-refractivity contribution in [2.45, 2.75) is 12.5 Å². The lowest BCUT2D eigenvalue weighted by Gasteiger charge is -2.27. The minimum atomic E-state index is -0.696. The molecular weight excluding hydrogens is 328 g/mol. The van der Waals surface area contributed by atoms with E-state index in [1.807, 2.05) is 0 Å². The predicted molar refractivity (Wildman–Crippen MR) is 88.0 cm³/mol. The minimum Gasteiger partial charge on any atom is -0.492 e. The van der Waals surface area contributed by atoms with Crippen LogP contribution in [0.2, 0.25) is 0 Å². The molecule has 0 aliphatic carbocycles. The molecule has 1 aromatic carbocycles. The third kappa shape index (κ3) is 3.12. The summed E-state index contributed by atoms with van der Waals surface area (Å²) >= 11 is 0. The quantitative estimate of drug-likeness (QED) is 0.746. The third-order valence-corrected chi connectivity index (χ3v) is 4.24. The maximum absolute atomic E-state index is 14.4. The lowest BCUT2D eigenvalue weighted by Crippen LogP contribution is -2.46. The summed E-state index contributed by atoms with van der Waals surface area (Å²) in [5.74, 6) is -1.21. The van der Waals surface area contributed by atoms with Gasteiger partial charge in [-0.15, -0.1) is 0 Å². The van der Waals surface area contributed by atoms with Crippen molar-refractivity contribution in [2.75, 3.05) is 13.2 Å². The van der Waals surface area contributed by atoms with Gasteiger partial charge >= 0.3 is 0 Å². The molecule has 0 bridgehead atoms. The van der Waals surface area contributed by atoms with E-state index < -0.39 is 11.6 Å². The molecule has 3 heterocycles. The molecule has 1 atom stereocenters. The molecular formula is C17H17F2N5O. The van der Waals surface area contributed by atoms with E-state index in [2.05, 4.69) is 20.6 Å². The van der Waals surface area contributed by atoms with E-state index in [1.165, 1.54) is 12.1 Å². The molecule has 0 saturated carbocycles. The molecule has 2 aromatic heterocycles. The van der Waals surface area contributed by atoms with Crippen molar-refractivity contribution in [1.29, 1.82) is 0 Å². The van der Waals surface area contributed by atoms with E-state index in [0.717, 1.165) is 18.5 Å². The van der Waals surface area contributed by atoms with Crippen LogP contribution in [-0.2, 0) is 7.05 Å². The monoisotopic (exact) mass is 345 g/mol. The van der Waals surface area contributed by atoms with Crippen molar-refractivity contribution in [3.63, 3.8) is 0 Å². The molecule has 8 heteroatoms. The van der Waals surface area contributed by atoms with Crippen LogP contribution >= 0.6 is 0 Å². The van der Waals surface area contributed by atoms with Gasteiger partial charge in [-0.1, -0.05) is 0 Å². The van der Waals surface area contributed by atoms with Crippen molar-refractivity contribution in [1.82, 2.24) is 25.3 Å². The number of benzene rings is 1. The maximum atomic E-state index is 14.4. The van der Waals surface area contributed by atoms with E-state index in [-0.39, 0.29) is 23.0 Å². The second-order valence-electron chi connectivity index (χ2n) is 6.08. The minimum absolute atomic E-state index is 0.156. The van der Waals surface area contributed by atoms with Crippen LogP contribution in [0.25, 0.3) is 22.5 Å². The molecule has 1 fully saturated rings. The Kier molecular flexibility index (Phi) is 3.96. The predicted octanol–water partition coefficient (Wildman–Crippen LogP) is 2.50. The molecule has 2 N–H and O–H groups in total. The number of rotatable bonds is 5. The average molecular weight is 345 g/mol. The smallest absolute Gasteiger partial charge is 0.139 e. The van der Waals surface area contributed by atoms with Gasteiger partial charge in [0.2, 0.25) is 0 Å². The number of H-pyrrole nitrogens is 1. The first kappa shape index (κ1) is 15.8. The normalized spacial score (nSPS) is 16.7. The number of aryl methyl sites for hydroxylation is 1. The lowest BCUT2D eigenvalue weighted by molar-refractivity contribution is 0.216. The number of hydrogen-bond acceptors (Lipinski definition) is 4. The highest BCUT2D eigenvalue weighted by Crippen LogP contribution is 2.31. The van der Waals surface area contributed by atoms with E-state index in [9.17, 15) is 8.78 Å². The standard InChI is InChI=1S/C17H17F2N5O/c1-24-8-10(7-21-24)15-6-16(23-22-15)17-13(18)4-12(5-14(17)19)25-9-11-2-3-20-11/h4-8,11,20H,2-3,9H2,1H3,(H,22,23). The largest absolute Gasteiger partial charge is 0.492 e. The lowest BCUT2D eigenvalue weighted by atomic mass is 10.1. The zero-order valence-corrected chi connectivity index (χ0v) is 13.6. The molecule has 4 rings (SSSR count). The third-order valence-electron chi connectivity index (χ3n) is 4.24. The first-order valence-electron chi connectivity index (χ1n) is 8.00. The molecule has 0 radical (unpaired) electrons. The van der Waals surface area contributed by atoms with Crippen molar-refractivity contribution < 1.29 is 13.5 Å².